The fourth-order valence-corrected chi connectivity index (χ4v) is 7.05. The van der Waals surface area contributed by atoms with Gasteiger partial charge in [0.05, 0.1) is 24.3 Å². The maximum absolute atomic E-state index is 13.1. The minimum absolute atomic E-state index is 0.272. The minimum Gasteiger partial charge on any atom is -0.462 e. The molecule has 0 unspecified atom stereocenters. The van der Waals surface area contributed by atoms with Crippen LogP contribution in [0.4, 0.5) is 0 Å². The zero-order valence-electron chi connectivity index (χ0n) is 25.0. The molecule has 0 bridgehead atoms. The third-order valence-corrected chi connectivity index (χ3v) is 9.25. The Balaban J connectivity index is 0.819. The van der Waals surface area contributed by atoms with E-state index in [1.165, 1.54) is 32.3 Å². The van der Waals surface area contributed by atoms with Crippen LogP contribution in [0.2, 0.25) is 0 Å². The zero-order valence-corrected chi connectivity index (χ0v) is 25.0. The Morgan fingerprint density at radius 1 is 0.378 bits per heavy atom. The van der Waals surface area contributed by atoms with Crippen LogP contribution in [0, 0.1) is 0 Å². The SMILES string of the molecule is O=C(OCCCCCCCOC(=O)c1ccc2ccc3cccc4ccc1c2c34)c1ccc2ccc3cccc4ccc1c2c34. The van der Waals surface area contributed by atoms with E-state index < -0.39 is 0 Å². The average Bonchev–Trinajstić information content (AvgIpc) is 3.08. The van der Waals surface area contributed by atoms with Crippen molar-refractivity contribution in [1.29, 1.82) is 0 Å². The standard InChI is InChI=1S/C41H32O4/c42-40(34-22-18-30-14-12-26-8-6-10-28-16-20-32(34)38(30)36(26)28)44-24-4-2-1-3-5-25-45-41(43)35-23-19-31-15-13-27-9-7-11-29-17-21-33(35)39(31)37(27)29/h6-23H,1-5,24-25H2. The molecule has 4 heteroatoms. The number of carbonyl (C=O) groups excluding carboxylic acids is 2. The summed E-state index contributed by atoms with van der Waals surface area (Å²) in [7, 11) is 0. The van der Waals surface area contributed by atoms with Gasteiger partial charge in [-0.25, -0.2) is 9.59 Å². The molecule has 0 aliphatic rings. The van der Waals surface area contributed by atoms with Gasteiger partial charge in [-0.15, -0.1) is 0 Å². The maximum Gasteiger partial charge on any atom is 0.338 e. The van der Waals surface area contributed by atoms with Crippen molar-refractivity contribution < 1.29 is 19.1 Å². The molecule has 0 saturated heterocycles. The molecule has 0 fully saturated rings. The molecule has 0 N–H and O–H groups in total. The van der Waals surface area contributed by atoms with E-state index in [1.54, 1.807) is 0 Å². The Morgan fingerprint density at radius 3 is 1.13 bits per heavy atom. The van der Waals surface area contributed by atoms with Crippen LogP contribution in [0.15, 0.2) is 109 Å². The molecule has 0 atom stereocenters. The fourth-order valence-electron chi connectivity index (χ4n) is 7.05. The van der Waals surface area contributed by atoms with Crippen LogP contribution in [0.3, 0.4) is 0 Å². The first kappa shape index (κ1) is 27.3. The average molecular weight is 589 g/mol. The summed E-state index contributed by atoms with van der Waals surface area (Å²) in [6.45, 7) is 0.787. The van der Waals surface area contributed by atoms with Gasteiger partial charge in [0.1, 0.15) is 0 Å². The second-order valence-electron chi connectivity index (χ2n) is 12.0. The number of ether oxygens (including phenoxy) is 2. The summed E-state index contributed by atoms with van der Waals surface area (Å²) in [6, 6.07) is 37.2. The third-order valence-electron chi connectivity index (χ3n) is 9.25. The second kappa shape index (κ2) is 11.4. The van der Waals surface area contributed by atoms with Gasteiger partial charge in [0.25, 0.3) is 0 Å². The number of unbranched alkanes of at least 4 members (excludes halogenated alkanes) is 4. The van der Waals surface area contributed by atoms with Crippen molar-refractivity contribution in [2.45, 2.75) is 32.1 Å². The van der Waals surface area contributed by atoms with E-state index in [9.17, 15) is 9.59 Å². The lowest BCUT2D eigenvalue weighted by molar-refractivity contribution is 0.0498. The third kappa shape index (κ3) is 4.78. The smallest absolute Gasteiger partial charge is 0.338 e. The minimum atomic E-state index is -0.272. The second-order valence-corrected chi connectivity index (χ2v) is 12.0. The van der Waals surface area contributed by atoms with Gasteiger partial charge >= 0.3 is 11.9 Å². The van der Waals surface area contributed by atoms with Gasteiger partial charge in [0, 0.05) is 0 Å². The topological polar surface area (TPSA) is 52.6 Å². The van der Waals surface area contributed by atoms with E-state index in [-0.39, 0.29) is 11.9 Å². The molecule has 0 heterocycles. The van der Waals surface area contributed by atoms with Crippen molar-refractivity contribution in [1.82, 2.24) is 0 Å². The summed E-state index contributed by atoms with van der Waals surface area (Å²) in [5.74, 6) is -0.543. The van der Waals surface area contributed by atoms with Crippen molar-refractivity contribution in [2.75, 3.05) is 13.2 Å². The first-order chi connectivity index (χ1) is 22.2. The number of hydrogen-bond acceptors (Lipinski definition) is 4. The maximum atomic E-state index is 13.1. The molecule has 0 spiro atoms. The Kier molecular flexibility index (Phi) is 6.91. The van der Waals surface area contributed by atoms with Gasteiger partial charge in [-0.3, -0.25) is 0 Å². The predicted molar refractivity (Wildman–Crippen MR) is 184 cm³/mol. The van der Waals surface area contributed by atoms with Gasteiger partial charge in [-0.05, 0) is 89.6 Å². The molecule has 8 aromatic rings. The van der Waals surface area contributed by atoms with E-state index in [4.69, 9.17) is 9.47 Å². The Hall–Kier alpha value is -5.22. The number of benzene rings is 8. The van der Waals surface area contributed by atoms with Crippen LogP contribution in [-0.2, 0) is 9.47 Å². The van der Waals surface area contributed by atoms with Gasteiger partial charge in [0.2, 0.25) is 0 Å². The van der Waals surface area contributed by atoms with Gasteiger partial charge in [-0.1, -0.05) is 116 Å². The Morgan fingerprint density at radius 2 is 0.711 bits per heavy atom. The number of rotatable bonds is 10. The molecule has 0 aromatic heterocycles. The number of hydrogen-bond donors (Lipinski definition) is 0. The lowest BCUT2D eigenvalue weighted by Crippen LogP contribution is -2.08. The zero-order chi connectivity index (χ0) is 30.3. The van der Waals surface area contributed by atoms with Gasteiger partial charge in [-0.2, -0.15) is 0 Å². The number of carbonyl (C=O) groups is 2. The lowest BCUT2D eigenvalue weighted by Gasteiger charge is -2.13. The summed E-state index contributed by atoms with van der Waals surface area (Å²) >= 11 is 0. The summed E-state index contributed by atoms with van der Waals surface area (Å²) < 4.78 is 11.4. The molecule has 45 heavy (non-hydrogen) atoms. The van der Waals surface area contributed by atoms with Crippen LogP contribution in [0.1, 0.15) is 52.8 Å². The molecule has 0 aliphatic carbocycles. The van der Waals surface area contributed by atoms with Gasteiger partial charge < -0.3 is 9.47 Å². The first-order valence-corrected chi connectivity index (χ1v) is 15.8. The van der Waals surface area contributed by atoms with E-state index in [2.05, 4.69) is 72.8 Å². The molecule has 220 valence electrons. The van der Waals surface area contributed by atoms with E-state index in [1.807, 2.05) is 36.4 Å². The van der Waals surface area contributed by atoms with Crippen LogP contribution in [0.5, 0.6) is 0 Å². The largest absolute Gasteiger partial charge is 0.462 e. The molecule has 0 amide bonds. The normalized spacial score (nSPS) is 11.9. The highest BCUT2D eigenvalue weighted by atomic mass is 16.5. The monoisotopic (exact) mass is 588 g/mol. The van der Waals surface area contributed by atoms with E-state index in [0.717, 1.165) is 64.4 Å². The summed E-state index contributed by atoms with van der Waals surface area (Å²) in [6.07, 6.45) is 4.51. The van der Waals surface area contributed by atoms with Crippen molar-refractivity contribution in [2.24, 2.45) is 0 Å². The summed E-state index contributed by atoms with van der Waals surface area (Å²) in [5, 5.41) is 13.5. The fraction of sp³-hybridized carbons (Fsp3) is 0.171. The number of esters is 2. The Labute approximate surface area is 260 Å². The van der Waals surface area contributed by atoms with Crippen LogP contribution < -0.4 is 0 Å². The molecular formula is C41H32O4. The summed E-state index contributed by atoms with van der Waals surface area (Å²) in [4.78, 5) is 26.1. The van der Waals surface area contributed by atoms with Gasteiger partial charge in [0.15, 0.2) is 0 Å². The van der Waals surface area contributed by atoms with Crippen molar-refractivity contribution >= 4 is 76.6 Å². The molecule has 8 aromatic carbocycles. The van der Waals surface area contributed by atoms with Crippen LogP contribution in [0.25, 0.3) is 64.6 Å². The van der Waals surface area contributed by atoms with E-state index in [0.29, 0.717) is 24.3 Å². The summed E-state index contributed by atoms with van der Waals surface area (Å²) in [5.41, 5.74) is 1.24. The molecule has 0 saturated carbocycles. The van der Waals surface area contributed by atoms with Crippen molar-refractivity contribution in [3.8, 4) is 0 Å². The Bertz CT molecular complexity index is 2150. The van der Waals surface area contributed by atoms with Crippen molar-refractivity contribution in [3.05, 3.63) is 120 Å². The van der Waals surface area contributed by atoms with E-state index >= 15 is 0 Å². The molecule has 0 aliphatic heterocycles. The highest BCUT2D eigenvalue weighted by Crippen LogP contribution is 2.37. The van der Waals surface area contributed by atoms with Crippen LogP contribution in [-0.4, -0.2) is 25.2 Å². The lowest BCUT2D eigenvalue weighted by atomic mass is 9.92. The molecule has 0 radical (unpaired) electrons. The van der Waals surface area contributed by atoms with Crippen LogP contribution >= 0.6 is 0 Å². The predicted octanol–water partition coefficient (Wildman–Crippen LogP) is 10.4. The molecular weight excluding hydrogens is 556 g/mol. The molecule has 8 rings (SSSR count). The molecule has 4 nitrogen and oxygen atoms in total. The first-order valence-electron chi connectivity index (χ1n) is 15.8. The highest BCUT2D eigenvalue weighted by molar-refractivity contribution is 6.27. The quantitative estimate of drug-likeness (QED) is 0.0906. The van der Waals surface area contributed by atoms with Crippen molar-refractivity contribution in [3.63, 3.8) is 0 Å². The highest BCUT2D eigenvalue weighted by Gasteiger charge is 2.17.